The van der Waals surface area contributed by atoms with E-state index < -0.39 is 11.8 Å². The molecule has 6 saturated carbocycles. The largest absolute Gasteiger partial charge is 0.469 e. The highest BCUT2D eigenvalue weighted by Gasteiger charge is 3.05. The fourth-order valence-electron chi connectivity index (χ4n) is 8.37. The second-order valence-electron chi connectivity index (χ2n) is 9.00. The smallest absolute Gasteiger partial charge is 0.309 e. The fourth-order valence-corrected chi connectivity index (χ4v) is 8.37. The zero-order valence-corrected chi connectivity index (χ0v) is 16.3. The number of esters is 4. The van der Waals surface area contributed by atoms with E-state index in [2.05, 4.69) is 0 Å². The summed E-state index contributed by atoms with van der Waals surface area (Å²) in [6, 6.07) is 0. The lowest BCUT2D eigenvalue weighted by Gasteiger charge is -2.44. The standard InChI is InChI=1S/C20H24O8/c1-7(21)27-5-19-13-11-9(17(23)25-3)10(18(24)26-4)12(14(13)19)16-15(11)20(16,19)6-28-8(2)22/h9-16H,5-6H2,1-4H3/t9-,10+,11?,12?,13-,14-,15-,16-,19?,20?/m1/s1. The molecule has 2 unspecified atom stereocenters. The third-order valence-corrected chi connectivity index (χ3v) is 8.65. The van der Waals surface area contributed by atoms with Gasteiger partial charge in [0.1, 0.15) is 0 Å². The Hall–Kier alpha value is -2.12. The molecule has 0 aromatic heterocycles. The summed E-state index contributed by atoms with van der Waals surface area (Å²) in [5, 5.41) is 0. The first-order valence-electron chi connectivity index (χ1n) is 9.72. The van der Waals surface area contributed by atoms with E-state index in [0.29, 0.717) is 0 Å². The molecule has 0 spiro atoms. The lowest BCUT2D eigenvalue weighted by Crippen LogP contribution is -2.51. The highest BCUT2D eigenvalue weighted by atomic mass is 16.5. The van der Waals surface area contributed by atoms with Crippen molar-refractivity contribution in [3.8, 4) is 0 Å². The number of hydrogen-bond donors (Lipinski definition) is 0. The molecule has 8 nitrogen and oxygen atoms in total. The Labute approximate surface area is 162 Å². The number of ether oxygens (including phenoxy) is 4. The molecule has 8 heteroatoms. The van der Waals surface area contributed by atoms with Gasteiger partial charge in [0.15, 0.2) is 0 Å². The maximum absolute atomic E-state index is 12.7. The van der Waals surface area contributed by atoms with Crippen LogP contribution in [0.1, 0.15) is 13.8 Å². The first kappa shape index (κ1) is 17.9. The molecule has 0 aromatic rings. The Morgan fingerprint density at radius 2 is 1.00 bits per heavy atom. The zero-order valence-electron chi connectivity index (χ0n) is 16.3. The van der Waals surface area contributed by atoms with Crippen LogP contribution in [0.25, 0.3) is 0 Å². The van der Waals surface area contributed by atoms with Gasteiger partial charge in [0.05, 0.1) is 39.3 Å². The summed E-state index contributed by atoms with van der Waals surface area (Å²) < 4.78 is 21.0. The van der Waals surface area contributed by atoms with Crippen LogP contribution in [0.3, 0.4) is 0 Å². The van der Waals surface area contributed by atoms with Crippen LogP contribution in [-0.4, -0.2) is 51.3 Å². The van der Waals surface area contributed by atoms with Crippen LogP contribution in [-0.2, 0) is 38.1 Å². The van der Waals surface area contributed by atoms with Gasteiger partial charge in [-0.05, 0) is 35.5 Å². The lowest BCUT2D eigenvalue weighted by atomic mass is 9.58. The molecule has 2 bridgehead atoms. The molecule has 6 aliphatic carbocycles. The van der Waals surface area contributed by atoms with Crippen LogP contribution in [0.4, 0.5) is 0 Å². The van der Waals surface area contributed by atoms with Gasteiger partial charge >= 0.3 is 23.9 Å². The van der Waals surface area contributed by atoms with Crippen molar-refractivity contribution in [2.45, 2.75) is 13.8 Å². The van der Waals surface area contributed by atoms with E-state index in [-0.39, 0.29) is 83.4 Å². The van der Waals surface area contributed by atoms with E-state index in [4.69, 9.17) is 18.9 Å². The van der Waals surface area contributed by atoms with Gasteiger partial charge in [0.25, 0.3) is 0 Å². The highest BCUT2D eigenvalue weighted by Crippen LogP contribution is 3.03. The molecule has 0 aliphatic heterocycles. The maximum Gasteiger partial charge on any atom is 0.309 e. The van der Waals surface area contributed by atoms with Gasteiger partial charge in [-0.15, -0.1) is 0 Å². The predicted octanol–water partition coefficient (Wildman–Crippen LogP) is 0.429. The average Bonchev–Trinajstić information content (AvgIpc) is 3.51. The van der Waals surface area contributed by atoms with E-state index in [9.17, 15) is 19.2 Å². The minimum atomic E-state index is -0.550. The summed E-state index contributed by atoms with van der Waals surface area (Å²) in [5.74, 6) is -1.88. The zero-order chi connectivity index (χ0) is 20.2. The number of carbonyl (C=O) groups is 4. The molecule has 8 atom stereocenters. The molecule has 6 fully saturated rings. The molecular formula is C20H24O8. The summed E-state index contributed by atoms with van der Waals surface area (Å²) >= 11 is 0. The first-order chi connectivity index (χ1) is 13.3. The number of hydrogen-bond acceptors (Lipinski definition) is 8. The monoisotopic (exact) mass is 392 g/mol. The molecule has 0 radical (unpaired) electrons. The summed E-state index contributed by atoms with van der Waals surface area (Å²) in [6.07, 6.45) is 0. The minimum absolute atomic E-state index is 0.0253. The van der Waals surface area contributed by atoms with Crippen LogP contribution in [0.15, 0.2) is 0 Å². The quantitative estimate of drug-likeness (QED) is 0.473. The summed E-state index contributed by atoms with van der Waals surface area (Å²) in [6.45, 7) is 3.25. The summed E-state index contributed by atoms with van der Waals surface area (Å²) in [7, 11) is 2.67. The van der Waals surface area contributed by atoms with Crippen molar-refractivity contribution in [3.63, 3.8) is 0 Å². The van der Waals surface area contributed by atoms with Crippen LogP contribution >= 0.6 is 0 Å². The van der Waals surface area contributed by atoms with Crippen molar-refractivity contribution in [2.75, 3.05) is 27.4 Å². The van der Waals surface area contributed by atoms with E-state index in [1.54, 1.807) is 0 Å². The van der Waals surface area contributed by atoms with Crippen molar-refractivity contribution >= 4 is 23.9 Å². The van der Waals surface area contributed by atoms with Gasteiger partial charge in [-0.3, -0.25) is 19.2 Å². The van der Waals surface area contributed by atoms with Gasteiger partial charge in [-0.1, -0.05) is 0 Å². The predicted molar refractivity (Wildman–Crippen MR) is 90.1 cm³/mol. The number of methoxy groups -OCH3 is 2. The van der Waals surface area contributed by atoms with E-state index >= 15 is 0 Å². The Balaban J connectivity index is 1.57. The molecule has 28 heavy (non-hydrogen) atoms. The maximum atomic E-state index is 12.7. The van der Waals surface area contributed by atoms with Crippen molar-refractivity contribution in [3.05, 3.63) is 0 Å². The molecule has 6 aliphatic rings. The Morgan fingerprint density at radius 3 is 1.25 bits per heavy atom. The first-order valence-corrected chi connectivity index (χ1v) is 9.72. The van der Waals surface area contributed by atoms with Gasteiger partial charge in [-0.25, -0.2) is 0 Å². The fraction of sp³-hybridized carbons (Fsp3) is 0.800. The molecule has 0 N–H and O–H groups in total. The van der Waals surface area contributed by atoms with Crippen LogP contribution < -0.4 is 0 Å². The van der Waals surface area contributed by atoms with E-state index in [0.717, 1.165) is 0 Å². The van der Waals surface area contributed by atoms with E-state index in [1.807, 2.05) is 0 Å². The number of rotatable bonds is 6. The topological polar surface area (TPSA) is 105 Å². The van der Waals surface area contributed by atoms with Crippen molar-refractivity contribution in [1.29, 1.82) is 0 Å². The van der Waals surface area contributed by atoms with Crippen molar-refractivity contribution in [2.24, 2.45) is 58.2 Å². The Morgan fingerprint density at radius 1 is 0.679 bits per heavy atom. The van der Waals surface area contributed by atoms with Gasteiger partial charge < -0.3 is 18.9 Å². The van der Waals surface area contributed by atoms with Crippen LogP contribution in [0.2, 0.25) is 0 Å². The second-order valence-corrected chi connectivity index (χ2v) is 9.00. The summed E-state index contributed by atoms with van der Waals surface area (Å²) in [5.41, 5.74) is -0.623. The highest BCUT2D eigenvalue weighted by molar-refractivity contribution is 5.85. The van der Waals surface area contributed by atoms with Crippen LogP contribution in [0.5, 0.6) is 0 Å². The van der Waals surface area contributed by atoms with Crippen molar-refractivity contribution < 1.29 is 38.1 Å². The third kappa shape index (κ3) is 1.66. The third-order valence-electron chi connectivity index (χ3n) is 8.65. The average molecular weight is 392 g/mol. The Bertz CT molecular complexity index is 716. The van der Waals surface area contributed by atoms with E-state index in [1.165, 1.54) is 28.1 Å². The molecule has 152 valence electrons. The number of carbonyl (C=O) groups excluding carboxylic acids is 4. The normalized spacial score (nSPS) is 49.9. The molecular weight excluding hydrogens is 368 g/mol. The van der Waals surface area contributed by atoms with Crippen LogP contribution in [0, 0.1) is 58.2 Å². The van der Waals surface area contributed by atoms with Gasteiger partial charge in [0, 0.05) is 24.7 Å². The SMILES string of the molecule is COC(=O)[C@@H]1C2[C@@H]3[C@H]4C([C@@H]5[C@@H]2C5(COC(C)=O)C34COC(C)=O)[C@@H]1C(=O)OC. The molecule has 0 aromatic carbocycles. The van der Waals surface area contributed by atoms with Gasteiger partial charge in [-0.2, -0.15) is 0 Å². The summed E-state index contributed by atoms with van der Waals surface area (Å²) in [4.78, 5) is 48.4. The molecule has 0 saturated heterocycles. The molecule has 6 rings (SSSR count). The molecule has 0 amide bonds. The Kier molecular flexibility index (Phi) is 3.38. The number of fused-ring (bicyclic) bond motifs is 1. The lowest BCUT2D eigenvalue weighted by molar-refractivity contribution is -0.171. The second kappa shape index (κ2) is 5.27. The minimum Gasteiger partial charge on any atom is -0.469 e. The molecule has 0 heterocycles. The van der Waals surface area contributed by atoms with Gasteiger partial charge in [0.2, 0.25) is 0 Å². The van der Waals surface area contributed by atoms with Crippen molar-refractivity contribution in [1.82, 2.24) is 0 Å².